The Labute approximate surface area is 335 Å². The van der Waals surface area contributed by atoms with Gasteiger partial charge in [-0.15, -0.1) is 22.7 Å². The van der Waals surface area contributed by atoms with Crippen LogP contribution in [0.25, 0.3) is 0 Å². The Hall–Kier alpha value is -3.72. The maximum absolute atomic E-state index is 12.7. The van der Waals surface area contributed by atoms with Crippen LogP contribution in [0.5, 0.6) is 0 Å². The van der Waals surface area contributed by atoms with E-state index < -0.39 is 31.6 Å². The summed E-state index contributed by atoms with van der Waals surface area (Å²) in [6, 6.07) is 8.65. The van der Waals surface area contributed by atoms with Crippen LogP contribution in [0.2, 0.25) is 15.1 Å². The molecule has 0 spiro atoms. The molecule has 0 aliphatic carbocycles. The van der Waals surface area contributed by atoms with Gasteiger partial charge in [-0.3, -0.25) is 19.0 Å². The monoisotopic (exact) mass is 880 g/mol. The maximum atomic E-state index is 12.7. The largest absolute Gasteiger partial charge is 0.481 e. The molecule has 2 aromatic heterocycles. The Morgan fingerprint density at radius 2 is 1.35 bits per heavy atom. The Morgan fingerprint density at radius 1 is 0.815 bits per heavy atom. The van der Waals surface area contributed by atoms with Gasteiger partial charge in [-0.05, 0) is 63.6 Å². The highest BCUT2D eigenvalue weighted by molar-refractivity contribution is 7.93. The number of nitrogens with zero attached hydrogens (tertiary/aromatic N) is 4. The van der Waals surface area contributed by atoms with Gasteiger partial charge in [-0.2, -0.15) is 0 Å². The van der Waals surface area contributed by atoms with Gasteiger partial charge in [-0.1, -0.05) is 40.9 Å². The Bertz CT molecular complexity index is 2230. The average molecular weight is 882 g/mol. The van der Waals surface area contributed by atoms with Crippen LogP contribution in [0.15, 0.2) is 58.6 Å². The molecule has 0 saturated carbocycles. The minimum absolute atomic E-state index is 0.0164. The number of ether oxygens (including phenoxy) is 1. The lowest BCUT2D eigenvalue weighted by atomic mass is 10.2. The zero-order chi connectivity index (χ0) is 40.0. The summed E-state index contributed by atoms with van der Waals surface area (Å²) in [4.78, 5) is 47.6. The molecule has 0 radical (unpaired) electrons. The van der Waals surface area contributed by atoms with Gasteiger partial charge in [0.15, 0.2) is 10.3 Å². The number of aromatic nitrogens is 2. The highest BCUT2D eigenvalue weighted by Crippen LogP contribution is 2.29. The summed E-state index contributed by atoms with van der Waals surface area (Å²) in [5.41, 5.74) is -0.120. The van der Waals surface area contributed by atoms with Crippen molar-refractivity contribution in [3.05, 3.63) is 79.2 Å². The number of carboxylic acids is 1. The van der Waals surface area contributed by atoms with Crippen LogP contribution in [0.3, 0.4) is 0 Å². The number of thiazole rings is 2. The number of aliphatic carboxylic acids is 1. The van der Waals surface area contributed by atoms with Gasteiger partial charge >= 0.3 is 12.1 Å². The van der Waals surface area contributed by atoms with Crippen molar-refractivity contribution >= 4 is 106 Å². The molecule has 54 heavy (non-hydrogen) atoms. The van der Waals surface area contributed by atoms with Gasteiger partial charge in [0.25, 0.3) is 20.0 Å². The number of sulfonamides is 2. The van der Waals surface area contributed by atoms with Crippen LogP contribution in [-0.2, 0) is 47.2 Å². The third-order valence-electron chi connectivity index (χ3n) is 7.18. The summed E-state index contributed by atoms with van der Waals surface area (Å²) in [5, 5.41) is 9.56. The first-order valence-corrected chi connectivity index (χ1v) is 21.5. The molecule has 1 aliphatic heterocycles. The van der Waals surface area contributed by atoms with Crippen LogP contribution in [0, 0.1) is 6.92 Å². The molecule has 22 heteroatoms. The number of piperazine rings is 1. The summed E-state index contributed by atoms with van der Waals surface area (Å²) < 4.78 is 59.8. The average Bonchev–Trinajstić information content (AvgIpc) is 3.68. The van der Waals surface area contributed by atoms with E-state index in [9.17, 15) is 31.2 Å². The van der Waals surface area contributed by atoms with E-state index in [1.807, 2.05) is 20.8 Å². The first kappa shape index (κ1) is 43.0. The fourth-order valence-corrected chi connectivity index (χ4v) is 10.0. The van der Waals surface area contributed by atoms with E-state index in [0.717, 1.165) is 22.7 Å². The normalized spacial score (nSPS) is 13.5. The van der Waals surface area contributed by atoms with Crippen molar-refractivity contribution in [2.75, 3.05) is 35.6 Å². The number of benzene rings is 2. The second-order valence-corrected chi connectivity index (χ2v) is 19.3. The molecule has 0 unspecified atom stereocenters. The maximum Gasteiger partial charge on any atom is 0.410 e. The summed E-state index contributed by atoms with van der Waals surface area (Å²) in [7, 11) is -7.78. The lowest BCUT2D eigenvalue weighted by Crippen LogP contribution is -2.51. The molecule has 15 nitrogen and oxygen atoms in total. The molecule has 2 aromatic carbocycles. The third-order valence-corrected chi connectivity index (χ3v) is 13.2. The first-order chi connectivity index (χ1) is 25.1. The van der Waals surface area contributed by atoms with E-state index in [4.69, 9.17) is 44.6 Å². The lowest BCUT2D eigenvalue weighted by molar-refractivity contribution is -0.136. The molecule has 5 rings (SSSR count). The summed E-state index contributed by atoms with van der Waals surface area (Å²) in [5.74, 6) is -1.13. The van der Waals surface area contributed by atoms with Crippen molar-refractivity contribution in [3.8, 4) is 0 Å². The third kappa shape index (κ3) is 12.1. The van der Waals surface area contributed by atoms with Crippen molar-refractivity contribution in [3.63, 3.8) is 0 Å². The van der Waals surface area contributed by atoms with Crippen LogP contribution in [0.1, 0.15) is 36.1 Å². The zero-order valence-electron chi connectivity index (χ0n) is 29.1. The summed E-state index contributed by atoms with van der Waals surface area (Å²) in [6.07, 6.45) is 2.29. The topological polar surface area (TPSA) is 205 Å². The molecule has 292 valence electrons. The highest BCUT2D eigenvalue weighted by Gasteiger charge is 2.28. The number of hydrogen-bond donors (Lipinski definition) is 3. The van der Waals surface area contributed by atoms with E-state index >= 15 is 0 Å². The molecule has 2 amide bonds. The van der Waals surface area contributed by atoms with Crippen molar-refractivity contribution in [1.82, 2.24) is 19.8 Å². The molecule has 1 aliphatic rings. The van der Waals surface area contributed by atoms with Crippen molar-refractivity contribution in [1.29, 1.82) is 0 Å². The molecule has 0 bridgehead atoms. The molecule has 3 N–H and O–H groups in total. The zero-order valence-corrected chi connectivity index (χ0v) is 34.7. The minimum atomic E-state index is -3.92. The standard InChI is InChI=1S/C21H27ClN4O5S2.C11H8Cl2N2O4S2/c1-14-16(22)6-5-7-17(14)33(29,30)24-19-23-13-15(32-19)12-18(27)25-8-10-26(11-9-25)20(28)31-21(2,3)4;12-6-1-2-9(8(13)3-6)21(18,19)15-11-14-5-7(20-11)4-10(16)17/h5-7,13H,8-12H2,1-4H3,(H,23,24);1-3,5H,4H2,(H,14,15)(H,16,17). The Balaban J connectivity index is 0.000000266. The highest BCUT2D eigenvalue weighted by atomic mass is 35.5. The van der Waals surface area contributed by atoms with E-state index in [1.165, 1.54) is 36.7 Å². The first-order valence-electron chi connectivity index (χ1n) is 15.8. The lowest BCUT2D eigenvalue weighted by Gasteiger charge is -2.35. The predicted octanol–water partition coefficient (Wildman–Crippen LogP) is 6.41. The molecule has 1 saturated heterocycles. The van der Waals surface area contributed by atoms with Gasteiger partial charge in [0.2, 0.25) is 5.91 Å². The van der Waals surface area contributed by atoms with Crippen LogP contribution in [0.4, 0.5) is 15.1 Å². The number of amides is 2. The van der Waals surface area contributed by atoms with Crippen molar-refractivity contribution in [2.24, 2.45) is 0 Å². The van der Waals surface area contributed by atoms with Gasteiger partial charge < -0.3 is 19.6 Å². The number of anilines is 2. The smallest absolute Gasteiger partial charge is 0.410 e. The number of hydrogen-bond acceptors (Lipinski definition) is 12. The second kappa shape index (κ2) is 17.8. The molecule has 4 aromatic rings. The molecule has 1 fully saturated rings. The van der Waals surface area contributed by atoms with Crippen LogP contribution in [-0.4, -0.2) is 91.5 Å². The van der Waals surface area contributed by atoms with Gasteiger partial charge in [-0.25, -0.2) is 31.6 Å². The van der Waals surface area contributed by atoms with Crippen molar-refractivity contribution in [2.45, 2.75) is 55.9 Å². The van der Waals surface area contributed by atoms with E-state index in [1.54, 1.807) is 28.9 Å². The molecular formula is C32H35Cl3N6O9S4. The van der Waals surface area contributed by atoms with E-state index in [-0.39, 0.29) is 49.9 Å². The van der Waals surface area contributed by atoms with Gasteiger partial charge in [0.05, 0.1) is 22.8 Å². The number of carbonyl (C=O) groups excluding carboxylic acids is 2. The van der Waals surface area contributed by atoms with Crippen molar-refractivity contribution < 1.29 is 41.1 Å². The van der Waals surface area contributed by atoms with Crippen LogP contribution < -0.4 is 9.44 Å². The number of halogens is 3. The fourth-order valence-electron chi connectivity index (χ4n) is 4.66. The number of nitrogens with one attached hydrogen (secondary N) is 2. The summed E-state index contributed by atoms with van der Waals surface area (Å²) in [6.45, 7) is 8.67. The molecule has 0 atom stereocenters. The fraction of sp³-hybridized carbons (Fsp3) is 0.344. The number of carboxylic acid groups (broad SMARTS) is 1. The Morgan fingerprint density at radius 3 is 1.89 bits per heavy atom. The predicted molar refractivity (Wildman–Crippen MR) is 208 cm³/mol. The molecule has 3 heterocycles. The summed E-state index contributed by atoms with van der Waals surface area (Å²) >= 11 is 19.6. The molecular weight excluding hydrogens is 847 g/mol. The quantitative estimate of drug-likeness (QED) is 0.159. The van der Waals surface area contributed by atoms with E-state index in [2.05, 4.69) is 19.4 Å². The second-order valence-electron chi connectivity index (χ2n) is 12.5. The minimum Gasteiger partial charge on any atom is -0.481 e. The van der Waals surface area contributed by atoms with Gasteiger partial charge in [0, 0.05) is 58.4 Å². The SMILES string of the molecule is Cc1c(Cl)cccc1S(=O)(=O)Nc1ncc(CC(=O)N2CCN(C(=O)OC(C)(C)C)CC2)s1.O=C(O)Cc1cnc(NS(=O)(=O)c2ccc(Cl)cc2Cl)s1. The number of carbonyl (C=O) groups is 3. The Kier molecular flexibility index (Phi) is 14.2. The number of rotatable bonds is 10. The van der Waals surface area contributed by atoms with E-state index in [0.29, 0.717) is 51.5 Å². The van der Waals surface area contributed by atoms with Gasteiger partial charge in [0.1, 0.15) is 10.5 Å². The van der Waals surface area contributed by atoms with Crippen LogP contribution >= 0.6 is 57.5 Å².